The number of anilines is 2. The van der Waals surface area contributed by atoms with Crippen molar-refractivity contribution in [2.45, 2.75) is 19.9 Å². The fourth-order valence-electron chi connectivity index (χ4n) is 1.47. The van der Waals surface area contributed by atoms with Gasteiger partial charge in [0, 0.05) is 19.3 Å². The first kappa shape index (κ1) is 13.0. The molecule has 2 rings (SSSR count). The predicted octanol–water partition coefficient (Wildman–Crippen LogP) is 1.55. The van der Waals surface area contributed by atoms with Crippen molar-refractivity contribution in [2.75, 3.05) is 17.7 Å². The van der Waals surface area contributed by atoms with E-state index in [0.29, 0.717) is 11.5 Å². The molecule has 0 aromatic carbocycles. The molecule has 19 heavy (non-hydrogen) atoms. The molecule has 2 heterocycles. The smallest absolute Gasteiger partial charge is 0.276 e. The number of aromatic nitrogens is 4. The number of nitrogens with zero attached hydrogens (tertiary/aromatic N) is 4. The van der Waals surface area contributed by atoms with Gasteiger partial charge in [-0.15, -0.1) is 10.2 Å². The van der Waals surface area contributed by atoms with E-state index in [1.165, 1.54) is 0 Å². The van der Waals surface area contributed by atoms with Crippen LogP contribution in [-0.2, 0) is 0 Å². The molecule has 2 N–H and O–H groups in total. The number of carbonyl (C=O) groups excluding carboxylic acids is 1. The molecule has 0 aliphatic carbocycles. The highest BCUT2D eigenvalue weighted by Gasteiger charge is 2.10. The van der Waals surface area contributed by atoms with E-state index >= 15 is 0 Å². The molecular weight excluding hydrogens is 244 g/mol. The van der Waals surface area contributed by atoms with Crippen LogP contribution in [-0.4, -0.2) is 32.9 Å². The summed E-state index contributed by atoms with van der Waals surface area (Å²) >= 11 is 0. The fraction of sp³-hybridized carbons (Fsp3) is 0.333. The highest BCUT2D eigenvalue weighted by atomic mass is 16.1. The van der Waals surface area contributed by atoms with Gasteiger partial charge in [0.15, 0.2) is 5.69 Å². The Kier molecular flexibility index (Phi) is 3.74. The molecule has 0 aliphatic rings. The van der Waals surface area contributed by atoms with Crippen LogP contribution in [0.5, 0.6) is 0 Å². The fourth-order valence-corrected chi connectivity index (χ4v) is 1.47. The van der Waals surface area contributed by atoms with Crippen molar-refractivity contribution < 1.29 is 4.79 Å². The summed E-state index contributed by atoms with van der Waals surface area (Å²) in [5, 5.41) is 17.4. The van der Waals surface area contributed by atoms with Crippen LogP contribution in [0.4, 0.5) is 11.5 Å². The van der Waals surface area contributed by atoms with Crippen LogP contribution in [0.25, 0.3) is 0 Å². The lowest BCUT2D eigenvalue weighted by Crippen LogP contribution is -2.14. The van der Waals surface area contributed by atoms with Crippen molar-refractivity contribution in [1.82, 2.24) is 20.0 Å². The van der Waals surface area contributed by atoms with Crippen LogP contribution >= 0.6 is 0 Å². The Morgan fingerprint density at radius 3 is 2.63 bits per heavy atom. The molecule has 7 heteroatoms. The normalized spacial score (nSPS) is 10.5. The maximum absolute atomic E-state index is 11.9. The van der Waals surface area contributed by atoms with Crippen LogP contribution in [0, 0.1) is 0 Å². The molecule has 1 amide bonds. The minimum atomic E-state index is -0.307. The predicted molar refractivity (Wildman–Crippen MR) is 72.1 cm³/mol. The number of amides is 1. The molecule has 0 fully saturated rings. The third-order valence-electron chi connectivity index (χ3n) is 2.54. The molecule has 0 spiro atoms. The molecule has 0 atom stereocenters. The third kappa shape index (κ3) is 3.06. The Hall–Kier alpha value is -2.44. The van der Waals surface area contributed by atoms with E-state index in [1.54, 1.807) is 36.3 Å². The lowest BCUT2D eigenvalue weighted by molar-refractivity contribution is 0.102. The summed E-state index contributed by atoms with van der Waals surface area (Å²) < 4.78 is 1.77. The van der Waals surface area contributed by atoms with Gasteiger partial charge in [-0.05, 0) is 26.0 Å². The van der Waals surface area contributed by atoms with Crippen LogP contribution in [0.2, 0.25) is 0 Å². The van der Waals surface area contributed by atoms with Crippen LogP contribution in [0.15, 0.2) is 24.5 Å². The van der Waals surface area contributed by atoms with Gasteiger partial charge in [-0.25, -0.2) is 0 Å². The first-order chi connectivity index (χ1) is 9.10. The summed E-state index contributed by atoms with van der Waals surface area (Å²) in [6.07, 6.45) is 3.38. The molecule has 0 radical (unpaired) electrons. The largest absolute Gasteiger partial charge is 0.372 e. The molecule has 0 saturated heterocycles. The third-order valence-corrected chi connectivity index (χ3v) is 2.54. The Balaban J connectivity index is 2.06. The van der Waals surface area contributed by atoms with E-state index in [9.17, 15) is 4.79 Å². The number of rotatable bonds is 4. The minimum Gasteiger partial charge on any atom is -0.372 e. The molecule has 0 aliphatic heterocycles. The number of hydrogen-bond donors (Lipinski definition) is 2. The highest BCUT2D eigenvalue weighted by Crippen LogP contribution is 2.11. The number of nitrogens with one attached hydrogen (secondary N) is 2. The van der Waals surface area contributed by atoms with Gasteiger partial charge >= 0.3 is 0 Å². The second-order valence-corrected chi connectivity index (χ2v) is 4.31. The first-order valence-corrected chi connectivity index (χ1v) is 5.97. The summed E-state index contributed by atoms with van der Waals surface area (Å²) in [5.74, 6) is 0.308. The number of carbonyl (C=O) groups is 1. The summed E-state index contributed by atoms with van der Waals surface area (Å²) in [5.41, 5.74) is 0.898. The van der Waals surface area contributed by atoms with E-state index in [1.807, 2.05) is 13.8 Å². The van der Waals surface area contributed by atoms with Crippen molar-refractivity contribution >= 4 is 17.4 Å². The average Bonchev–Trinajstić information content (AvgIpc) is 2.87. The van der Waals surface area contributed by atoms with E-state index < -0.39 is 0 Å². The first-order valence-electron chi connectivity index (χ1n) is 5.97. The van der Waals surface area contributed by atoms with Crippen LogP contribution in [0.1, 0.15) is 30.4 Å². The Morgan fingerprint density at radius 2 is 2.11 bits per heavy atom. The summed E-state index contributed by atoms with van der Waals surface area (Å²) in [6, 6.07) is 3.56. The van der Waals surface area contributed by atoms with Gasteiger partial charge < -0.3 is 10.6 Å². The lowest BCUT2D eigenvalue weighted by Gasteiger charge is -2.04. The monoisotopic (exact) mass is 260 g/mol. The Labute approximate surface area is 111 Å². The summed E-state index contributed by atoms with van der Waals surface area (Å²) in [7, 11) is 1.74. The van der Waals surface area contributed by atoms with Crippen molar-refractivity contribution in [3.8, 4) is 0 Å². The van der Waals surface area contributed by atoms with E-state index in [-0.39, 0.29) is 17.6 Å². The van der Waals surface area contributed by atoms with Gasteiger partial charge in [0.2, 0.25) is 0 Å². The van der Waals surface area contributed by atoms with E-state index in [2.05, 4.69) is 25.9 Å². The minimum absolute atomic E-state index is 0.250. The lowest BCUT2D eigenvalue weighted by atomic mass is 10.3. The van der Waals surface area contributed by atoms with Gasteiger partial charge in [-0.3, -0.25) is 9.48 Å². The van der Waals surface area contributed by atoms with Gasteiger partial charge in [0.25, 0.3) is 5.91 Å². The molecule has 0 unspecified atom stereocenters. The molecule has 0 saturated carbocycles. The van der Waals surface area contributed by atoms with Gasteiger partial charge in [0.1, 0.15) is 5.82 Å². The number of hydrogen-bond acceptors (Lipinski definition) is 5. The van der Waals surface area contributed by atoms with Gasteiger partial charge in [0.05, 0.1) is 11.9 Å². The standard InChI is InChI=1S/C12H16N6O/c1-8(2)18-7-9(6-14-18)15-12(19)10-4-5-11(13-3)17-16-10/h4-8H,1-3H3,(H,13,17)(H,15,19). The average molecular weight is 260 g/mol. The van der Waals surface area contributed by atoms with Gasteiger partial charge in [-0.1, -0.05) is 0 Å². The topological polar surface area (TPSA) is 84.7 Å². The Morgan fingerprint density at radius 1 is 1.32 bits per heavy atom. The highest BCUT2D eigenvalue weighted by molar-refractivity contribution is 6.02. The van der Waals surface area contributed by atoms with E-state index in [4.69, 9.17) is 0 Å². The van der Waals surface area contributed by atoms with Crippen LogP contribution in [0.3, 0.4) is 0 Å². The second kappa shape index (κ2) is 5.47. The Bertz CT molecular complexity index is 560. The second-order valence-electron chi connectivity index (χ2n) is 4.31. The zero-order valence-electron chi connectivity index (χ0n) is 11.1. The molecule has 7 nitrogen and oxygen atoms in total. The molecule has 0 bridgehead atoms. The maximum atomic E-state index is 11.9. The summed E-state index contributed by atoms with van der Waals surface area (Å²) in [4.78, 5) is 11.9. The molecular formula is C12H16N6O. The quantitative estimate of drug-likeness (QED) is 0.871. The van der Waals surface area contributed by atoms with Crippen molar-refractivity contribution in [3.63, 3.8) is 0 Å². The SMILES string of the molecule is CNc1ccc(C(=O)Nc2cnn(C(C)C)c2)nn1. The zero-order chi connectivity index (χ0) is 13.8. The maximum Gasteiger partial charge on any atom is 0.276 e. The van der Waals surface area contributed by atoms with E-state index in [0.717, 1.165) is 0 Å². The molecule has 100 valence electrons. The van der Waals surface area contributed by atoms with Crippen molar-refractivity contribution in [1.29, 1.82) is 0 Å². The molecule has 2 aromatic heterocycles. The summed E-state index contributed by atoms with van der Waals surface area (Å²) in [6.45, 7) is 4.03. The van der Waals surface area contributed by atoms with Crippen molar-refractivity contribution in [3.05, 3.63) is 30.2 Å². The van der Waals surface area contributed by atoms with Crippen LogP contribution < -0.4 is 10.6 Å². The zero-order valence-corrected chi connectivity index (χ0v) is 11.1. The van der Waals surface area contributed by atoms with Crippen molar-refractivity contribution in [2.24, 2.45) is 0 Å². The molecule has 2 aromatic rings. The van der Waals surface area contributed by atoms with Gasteiger partial charge in [-0.2, -0.15) is 5.10 Å².